The van der Waals surface area contributed by atoms with Gasteiger partial charge in [0, 0.05) is 12.1 Å². The Hall–Kier alpha value is -0.930. The summed E-state index contributed by atoms with van der Waals surface area (Å²) in [7, 11) is 2.23. The van der Waals surface area contributed by atoms with E-state index in [4.69, 9.17) is 5.73 Å². The van der Waals surface area contributed by atoms with Crippen LogP contribution in [0.25, 0.3) is 0 Å². The minimum Gasteiger partial charge on any atom is -0.330 e. The van der Waals surface area contributed by atoms with Crippen molar-refractivity contribution in [2.45, 2.75) is 37.3 Å². The predicted molar refractivity (Wildman–Crippen MR) is 70.9 cm³/mol. The number of piperidine rings is 1. The molecule has 0 amide bonds. The fourth-order valence-corrected chi connectivity index (χ4v) is 3.99. The predicted octanol–water partition coefficient (Wildman–Crippen LogP) is 2.35. The van der Waals surface area contributed by atoms with E-state index in [0.717, 1.165) is 6.54 Å². The van der Waals surface area contributed by atoms with Crippen LogP contribution in [0, 0.1) is 11.7 Å². The third-order valence-corrected chi connectivity index (χ3v) is 5.00. The van der Waals surface area contributed by atoms with Crippen molar-refractivity contribution in [3.05, 3.63) is 35.6 Å². The van der Waals surface area contributed by atoms with Crippen molar-refractivity contribution < 1.29 is 4.39 Å². The van der Waals surface area contributed by atoms with Crippen LogP contribution in [0.3, 0.4) is 0 Å². The molecule has 2 nitrogen and oxygen atoms in total. The van der Waals surface area contributed by atoms with Crippen LogP contribution in [0.1, 0.15) is 30.7 Å². The van der Waals surface area contributed by atoms with Gasteiger partial charge in [-0.3, -0.25) is 0 Å². The van der Waals surface area contributed by atoms with E-state index in [9.17, 15) is 4.39 Å². The Labute approximate surface area is 108 Å². The Bertz CT molecular complexity index is 417. The van der Waals surface area contributed by atoms with Gasteiger partial charge in [0.1, 0.15) is 5.82 Å². The number of nitrogens with two attached hydrogens (primary N) is 1. The SMILES string of the molecule is CN1C2CCC1C(CN)C(c1ccc(F)cc1)C2. The van der Waals surface area contributed by atoms with Gasteiger partial charge in [0.05, 0.1) is 0 Å². The van der Waals surface area contributed by atoms with E-state index in [1.165, 1.54) is 24.8 Å². The first-order chi connectivity index (χ1) is 8.70. The maximum Gasteiger partial charge on any atom is 0.123 e. The Morgan fingerprint density at radius 2 is 2.00 bits per heavy atom. The largest absolute Gasteiger partial charge is 0.330 e. The van der Waals surface area contributed by atoms with Gasteiger partial charge in [-0.15, -0.1) is 0 Å². The van der Waals surface area contributed by atoms with E-state index in [1.54, 1.807) is 12.1 Å². The Morgan fingerprint density at radius 3 is 2.67 bits per heavy atom. The van der Waals surface area contributed by atoms with Crippen LogP contribution in [0.2, 0.25) is 0 Å². The van der Waals surface area contributed by atoms with Gasteiger partial charge in [-0.05, 0) is 62.4 Å². The van der Waals surface area contributed by atoms with Crippen molar-refractivity contribution >= 4 is 0 Å². The summed E-state index contributed by atoms with van der Waals surface area (Å²) in [6.45, 7) is 0.726. The van der Waals surface area contributed by atoms with E-state index in [2.05, 4.69) is 11.9 Å². The van der Waals surface area contributed by atoms with E-state index >= 15 is 0 Å². The van der Waals surface area contributed by atoms with Crippen molar-refractivity contribution in [1.82, 2.24) is 4.90 Å². The molecule has 98 valence electrons. The summed E-state index contributed by atoms with van der Waals surface area (Å²) < 4.78 is 13.0. The van der Waals surface area contributed by atoms with Crippen molar-refractivity contribution in [3.63, 3.8) is 0 Å². The number of hydrogen-bond acceptors (Lipinski definition) is 2. The lowest BCUT2D eigenvalue weighted by molar-refractivity contribution is 0.104. The van der Waals surface area contributed by atoms with Crippen molar-refractivity contribution in [1.29, 1.82) is 0 Å². The maximum absolute atomic E-state index is 13.0. The molecule has 0 aromatic heterocycles. The fraction of sp³-hybridized carbons (Fsp3) is 0.600. The quantitative estimate of drug-likeness (QED) is 0.870. The first-order valence-corrected chi connectivity index (χ1v) is 6.88. The highest BCUT2D eigenvalue weighted by Crippen LogP contribution is 2.45. The molecule has 2 saturated heterocycles. The van der Waals surface area contributed by atoms with Crippen LogP contribution < -0.4 is 5.73 Å². The van der Waals surface area contributed by atoms with Crippen LogP contribution in [0.15, 0.2) is 24.3 Å². The van der Waals surface area contributed by atoms with Gasteiger partial charge in [0.25, 0.3) is 0 Å². The normalized spacial score (nSPS) is 35.9. The molecule has 2 aliphatic heterocycles. The molecule has 0 aliphatic carbocycles. The summed E-state index contributed by atoms with van der Waals surface area (Å²) in [5, 5.41) is 0. The zero-order valence-corrected chi connectivity index (χ0v) is 10.8. The van der Waals surface area contributed by atoms with Gasteiger partial charge in [0.2, 0.25) is 0 Å². The highest BCUT2D eigenvalue weighted by molar-refractivity contribution is 5.24. The molecule has 1 aromatic rings. The van der Waals surface area contributed by atoms with Gasteiger partial charge < -0.3 is 10.6 Å². The van der Waals surface area contributed by atoms with Crippen LogP contribution in [-0.4, -0.2) is 30.6 Å². The van der Waals surface area contributed by atoms with Gasteiger partial charge in [-0.2, -0.15) is 0 Å². The molecule has 4 unspecified atom stereocenters. The average molecular weight is 248 g/mol. The second kappa shape index (κ2) is 4.63. The molecule has 3 heteroatoms. The minimum absolute atomic E-state index is 0.154. The molecular formula is C15H21FN2. The molecule has 4 atom stereocenters. The lowest BCUT2D eigenvalue weighted by Crippen LogP contribution is -2.48. The first kappa shape index (κ1) is 12.1. The Kier molecular flexibility index (Phi) is 3.12. The smallest absolute Gasteiger partial charge is 0.123 e. The van der Waals surface area contributed by atoms with Crippen LogP contribution in [0.5, 0.6) is 0 Å². The van der Waals surface area contributed by atoms with E-state index in [-0.39, 0.29) is 5.82 Å². The van der Waals surface area contributed by atoms with Gasteiger partial charge in [0.15, 0.2) is 0 Å². The summed E-state index contributed by atoms with van der Waals surface area (Å²) in [5.74, 6) is 0.863. The highest BCUT2D eigenvalue weighted by Gasteiger charge is 2.45. The Balaban J connectivity index is 1.89. The third-order valence-electron chi connectivity index (χ3n) is 5.00. The molecule has 0 radical (unpaired) electrons. The number of fused-ring (bicyclic) bond motifs is 2. The van der Waals surface area contributed by atoms with Crippen LogP contribution >= 0.6 is 0 Å². The first-order valence-electron chi connectivity index (χ1n) is 6.88. The molecule has 2 bridgehead atoms. The summed E-state index contributed by atoms with van der Waals surface area (Å²) >= 11 is 0. The molecule has 2 fully saturated rings. The fourth-order valence-electron chi connectivity index (χ4n) is 3.99. The van der Waals surface area contributed by atoms with Crippen LogP contribution in [-0.2, 0) is 0 Å². The van der Waals surface area contributed by atoms with Crippen LogP contribution in [0.4, 0.5) is 4.39 Å². The van der Waals surface area contributed by atoms with Gasteiger partial charge in [-0.25, -0.2) is 4.39 Å². The van der Waals surface area contributed by atoms with E-state index < -0.39 is 0 Å². The summed E-state index contributed by atoms with van der Waals surface area (Å²) in [4.78, 5) is 2.51. The lowest BCUT2D eigenvalue weighted by Gasteiger charge is -2.43. The second-order valence-corrected chi connectivity index (χ2v) is 5.76. The summed E-state index contributed by atoms with van der Waals surface area (Å²) in [5.41, 5.74) is 7.27. The average Bonchev–Trinajstić information content (AvgIpc) is 2.63. The molecule has 2 N–H and O–H groups in total. The third kappa shape index (κ3) is 1.86. The zero-order valence-electron chi connectivity index (χ0n) is 10.8. The molecule has 0 saturated carbocycles. The molecule has 1 aromatic carbocycles. The second-order valence-electron chi connectivity index (χ2n) is 5.76. The number of benzene rings is 1. The highest BCUT2D eigenvalue weighted by atomic mass is 19.1. The zero-order chi connectivity index (χ0) is 12.7. The molecular weight excluding hydrogens is 227 g/mol. The number of hydrogen-bond donors (Lipinski definition) is 1. The Morgan fingerprint density at radius 1 is 1.28 bits per heavy atom. The topological polar surface area (TPSA) is 29.3 Å². The van der Waals surface area contributed by atoms with Crippen molar-refractivity contribution in [3.8, 4) is 0 Å². The van der Waals surface area contributed by atoms with E-state index in [0.29, 0.717) is 23.9 Å². The van der Waals surface area contributed by atoms with Crippen molar-refractivity contribution in [2.75, 3.05) is 13.6 Å². The number of nitrogens with zero attached hydrogens (tertiary/aromatic N) is 1. The molecule has 0 spiro atoms. The van der Waals surface area contributed by atoms with Gasteiger partial charge in [-0.1, -0.05) is 12.1 Å². The van der Waals surface area contributed by atoms with Gasteiger partial charge >= 0.3 is 0 Å². The van der Waals surface area contributed by atoms with E-state index in [1.807, 2.05) is 12.1 Å². The maximum atomic E-state index is 13.0. The molecule has 3 rings (SSSR count). The molecule has 18 heavy (non-hydrogen) atoms. The number of rotatable bonds is 2. The summed E-state index contributed by atoms with van der Waals surface area (Å²) in [6.07, 6.45) is 3.72. The molecule has 2 aliphatic rings. The summed E-state index contributed by atoms with van der Waals surface area (Å²) in [6, 6.07) is 8.32. The lowest BCUT2D eigenvalue weighted by atomic mass is 9.76. The monoisotopic (exact) mass is 248 g/mol. The standard InChI is InChI=1S/C15H21FN2/c1-18-12-6-7-15(18)14(9-17)13(8-12)10-2-4-11(16)5-3-10/h2-5,12-15H,6-9,17H2,1H3. The minimum atomic E-state index is -0.154. The van der Waals surface area contributed by atoms with Crippen molar-refractivity contribution in [2.24, 2.45) is 11.7 Å². The molecule has 2 heterocycles. The number of halogens is 1.